The zero-order valence-electron chi connectivity index (χ0n) is 14.0. The van der Waals surface area contributed by atoms with E-state index in [0.717, 1.165) is 6.42 Å². The Kier molecular flexibility index (Phi) is 4.60. The number of carbonyl (C=O) groups is 2. The molecule has 2 heterocycles. The van der Waals surface area contributed by atoms with Crippen molar-refractivity contribution in [3.05, 3.63) is 35.4 Å². The highest BCUT2D eigenvalue weighted by Crippen LogP contribution is 2.42. The van der Waals surface area contributed by atoms with E-state index in [1.165, 1.54) is 12.1 Å². The lowest BCUT2D eigenvalue weighted by atomic mass is 9.89. The van der Waals surface area contributed by atoms with Crippen molar-refractivity contribution in [2.75, 3.05) is 7.11 Å². The van der Waals surface area contributed by atoms with E-state index < -0.39 is 18.0 Å². The molecule has 6 atom stereocenters. The minimum atomic E-state index is -1.16. The number of aromatic carboxylic acids is 1. The summed E-state index contributed by atoms with van der Waals surface area (Å²) in [6, 6.07) is 6.04. The lowest BCUT2D eigenvalue weighted by molar-refractivity contribution is -0.179. The van der Waals surface area contributed by atoms with Gasteiger partial charge in [-0.3, -0.25) is 0 Å². The zero-order chi connectivity index (χ0) is 17.4. The fourth-order valence-electron chi connectivity index (χ4n) is 3.97. The van der Waals surface area contributed by atoms with Gasteiger partial charge in [-0.15, -0.1) is 0 Å². The zero-order valence-corrected chi connectivity index (χ0v) is 14.0. The summed E-state index contributed by atoms with van der Waals surface area (Å²) >= 11 is 0. The summed E-state index contributed by atoms with van der Waals surface area (Å²) in [6.07, 6.45) is -0.124. The van der Waals surface area contributed by atoms with E-state index in [4.69, 9.17) is 14.2 Å². The van der Waals surface area contributed by atoms with Gasteiger partial charge in [0.1, 0.15) is 6.10 Å². The van der Waals surface area contributed by atoms with Crippen LogP contribution in [0.15, 0.2) is 24.3 Å². The molecule has 130 valence electrons. The SMILES string of the molecule is CO[C@@H]1[C@@H](C)[C@H]2O[C@H](C[C@@H]2C)[C@@H]1OC(=O)c1ccccc1C(=O)O. The van der Waals surface area contributed by atoms with Crippen LogP contribution in [0.2, 0.25) is 0 Å². The van der Waals surface area contributed by atoms with Gasteiger partial charge >= 0.3 is 11.9 Å². The third-order valence-corrected chi connectivity index (χ3v) is 5.12. The molecule has 1 N–H and O–H groups in total. The number of carbonyl (C=O) groups excluding carboxylic acids is 1. The van der Waals surface area contributed by atoms with Crippen LogP contribution in [-0.4, -0.2) is 48.6 Å². The Hall–Kier alpha value is -1.92. The van der Waals surface area contributed by atoms with E-state index in [1.807, 2.05) is 6.92 Å². The number of benzene rings is 1. The molecule has 1 aromatic rings. The molecule has 0 amide bonds. The molecule has 2 aliphatic heterocycles. The van der Waals surface area contributed by atoms with Crippen LogP contribution in [0, 0.1) is 11.8 Å². The second kappa shape index (κ2) is 6.53. The molecule has 0 unspecified atom stereocenters. The predicted octanol–water partition coefficient (Wildman–Crippen LogP) is 2.37. The largest absolute Gasteiger partial charge is 0.478 e. The van der Waals surface area contributed by atoms with E-state index >= 15 is 0 Å². The topological polar surface area (TPSA) is 82.1 Å². The van der Waals surface area contributed by atoms with E-state index in [9.17, 15) is 14.7 Å². The van der Waals surface area contributed by atoms with Gasteiger partial charge in [0.05, 0.1) is 23.3 Å². The van der Waals surface area contributed by atoms with Crippen molar-refractivity contribution in [3.63, 3.8) is 0 Å². The number of hydrogen-bond donors (Lipinski definition) is 1. The lowest BCUT2D eigenvalue weighted by Crippen LogP contribution is -2.52. The summed E-state index contributed by atoms with van der Waals surface area (Å²) in [5.74, 6) is -1.35. The van der Waals surface area contributed by atoms with Gasteiger partial charge < -0.3 is 19.3 Å². The van der Waals surface area contributed by atoms with Gasteiger partial charge in [0.2, 0.25) is 0 Å². The highest BCUT2D eigenvalue weighted by Gasteiger charge is 2.52. The number of esters is 1. The van der Waals surface area contributed by atoms with Crippen molar-refractivity contribution < 1.29 is 28.9 Å². The molecular formula is C18H22O6. The number of rotatable bonds is 4. The second-order valence-electron chi connectivity index (χ2n) is 6.63. The molecule has 0 aliphatic carbocycles. The van der Waals surface area contributed by atoms with Crippen molar-refractivity contribution in [3.8, 4) is 0 Å². The molecule has 0 radical (unpaired) electrons. The van der Waals surface area contributed by atoms with Crippen LogP contribution >= 0.6 is 0 Å². The van der Waals surface area contributed by atoms with Gasteiger partial charge in [0, 0.05) is 13.0 Å². The molecule has 2 aliphatic rings. The van der Waals surface area contributed by atoms with Crippen molar-refractivity contribution in [2.45, 2.75) is 44.7 Å². The molecule has 0 saturated carbocycles. The maximum atomic E-state index is 12.6. The Morgan fingerprint density at radius 1 is 1.17 bits per heavy atom. The number of hydrogen-bond acceptors (Lipinski definition) is 5. The average molecular weight is 334 g/mol. The molecule has 0 spiro atoms. The van der Waals surface area contributed by atoms with Gasteiger partial charge in [-0.1, -0.05) is 26.0 Å². The molecule has 24 heavy (non-hydrogen) atoms. The average Bonchev–Trinajstić information content (AvgIpc) is 2.91. The fourth-order valence-corrected chi connectivity index (χ4v) is 3.97. The first kappa shape index (κ1) is 16.9. The fraction of sp³-hybridized carbons (Fsp3) is 0.556. The molecule has 2 fully saturated rings. The van der Waals surface area contributed by atoms with Crippen molar-refractivity contribution in [1.82, 2.24) is 0 Å². The molecule has 0 aromatic heterocycles. The van der Waals surface area contributed by atoms with Gasteiger partial charge in [0.25, 0.3) is 0 Å². The molecule has 6 heteroatoms. The Bertz CT molecular complexity index is 642. The van der Waals surface area contributed by atoms with Crippen LogP contribution in [0.4, 0.5) is 0 Å². The monoisotopic (exact) mass is 334 g/mol. The normalized spacial score (nSPS) is 34.8. The Balaban J connectivity index is 1.84. The van der Waals surface area contributed by atoms with Crippen LogP contribution in [0.5, 0.6) is 0 Å². The van der Waals surface area contributed by atoms with Gasteiger partial charge in [-0.25, -0.2) is 9.59 Å². The first-order chi connectivity index (χ1) is 11.4. The second-order valence-corrected chi connectivity index (χ2v) is 6.63. The molecule has 2 saturated heterocycles. The van der Waals surface area contributed by atoms with Crippen molar-refractivity contribution >= 4 is 11.9 Å². The van der Waals surface area contributed by atoms with Crippen LogP contribution in [-0.2, 0) is 14.2 Å². The number of fused-ring (bicyclic) bond motifs is 2. The summed E-state index contributed by atoms with van der Waals surface area (Å²) in [5.41, 5.74) is -0.0282. The molecule has 3 rings (SSSR count). The Morgan fingerprint density at radius 3 is 2.46 bits per heavy atom. The highest BCUT2D eigenvalue weighted by molar-refractivity contribution is 6.02. The maximum Gasteiger partial charge on any atom is 0.339 e. The summed E-state index contributed by atoms with van der Waals surface area (Å²) in [4.78, 5) is 23.9. The Morgan fingerprint density at radius 2 is 1.83 bits per heavy atom. The Labute approximate surface area is 140 Å². The van der Waals surface area contributed by atoms with E-state index in [-0.39, 0.29) is 35.4 Å². The third kappa shape index (κ3) is 2.80. The summed E-state index contributed by atoms with van der Waals surface area (Å²) in [7, 11) is 1.60. The van der Waals surface area contributed by atoms with Crippen molar-refractivity contribution in [1.29, 1.82) is 0 Å². The van der Waals surface area contributed by atoms with Crippen LogP contribution < -0.4 is 0 Å². The van der Waals surface area contributed by atoms with Gasteiger partial charge in [0.15, 0.2) is 6.10 Å². The van der Waals surface area contributed by atoms with E-state index in [0.29, 0.717) is 5.92 Å². The minimum Gasteiger partial charge on any atom is -0.478 e. The number of carboxylic acids is 1. The quantitative estimate of drug-likeness (QED) is 0.851. The van der Waals surface area contributed by atoms with Gasteiger partial charge in [-0.2, -0.15) is 0 Å². The summed E-state index contributed by atoms with van der Waals surface area (Å²) in [6.45, 7) is 4.15. The third-order valence-electron chi connectivity index (χ3n) is 5.12. The standard InChI is InChI=1S/C18H22O6/c1-9-8-13-16(15(22-3)10(2)14(9)23-13)24-18(21)12-7-5-4-6-11(12)17(19)20/h4-7,9-10,13-16H,8H2,1-3H3,(H,19,20)/t9-,10-,13+,14-,15+,16-/m0/s1. The number of methoxy groups -OCH3 is 1. The predicted molar refractivity (Wildman–Crippen MR) is 85.0 cm³/mol. The smallest absolute Gasteiger partial charge is 0.339 e. The highest BCUT2D eigenvalue weighted by atomic mass is 16.6. The van der Waals surface area contributed by atoms with Crippen molar-refractivity contribution in [2.24, 2.45) is 11.8 Å². The van der Waals surface area contributed by atoms with Crippen LogP contribution in [0.25, 0.3) is 0 Å². The summed E-state index contributed by atoms with van der Waals surface area (Å²) < 4.78 is 17.3. The molecule has 1 aromatic carbocycles. The lowest BCUT2D eigenvalue weighted by Gasteiger charge is -2.40. The number of carboxylic acid groups (broad SMARTS) is 1. The van der Waals surface area contributed by atoms with Crippen LogP contribution in [0.3, 0.4) is 0 Å². The molecule has 6 nitrogen and oxygen atoms in total. The molecular weight excluding hydrogens is 312 g/mol. The first-order valence-corrected chi connectivity index (χ1v) is 8.15. The molecule has 2 bridgehead atoms. The summed E-state index contributed by atoms with van der Waals surface area (Å²) in [5, 5.41) is 9.24. The van der Waals surface area contributed by atoms with E-state index in [1.54, 1.807) is 19.2 Å². The minimum absolute atomic E-state index is 0.0423. The number of ether oxygens (including phenoxy) is 3. The maximum absolute atomic E-state index is 12.6. The van der Waals surface area contributed by atoms with Crippen LogP contribution in [0.1, 0.15) is 41.0 Å². The van der Waals surface area contributed by atoms with E-state index in [2.05, 4.69) is 6.92 Å². The van der Waals surface area contributed by atoms with Gasteiger partial charge in [-0.05, 0) is 24.5 Å². The first-order valence-electron chi connectivity index (χ1n) is 8.15.